The lowest BCUT2D eigenvalue weighted by Gasteiger charge is -2.08. The molecule has 0 bridgehead atoms. The van der Waals surface area contributed by atoms with Gasteiger partial charge in [-0.3, -0.25) is 9.78 Å². The van der Waals surface area contributed by atoms with Gasteiger partial charge in [-0.1, -0.05) is 5.16 Å². The van der Waals surface area contributed by atoms with Crippen molar-refractivity contribution in [3.8, 4) is 0 Å². The quantitative estimate of drug-likeness (QED) is 0.763. The number of nitrogens with one attached hydrogen (secondary N) is 2. The first-order valence-electron chi connectivity index (χ1n) is 6.94. The summed E-state index contributed by atoms with van der Waals surface area (Å²) in [6.45, 7) is 1.70. The molecular formula is C16H12F2N4O2. The predicted octanol–water partition coefficient (Wildman–Crippen LogP) is 3.65. The summed E-state index contributed by atoms with van der Waals surface area (Å²) in [4.78, 5) is 16.1. The third kappa shape index (κ3) is 3.54. The molecule has 24 heavy (non-hydrogen) atoms. The lowest BCUT2D eigenvalue weighted by molar-refractivity contribution is 0.102. The molecule has 0 aliphatic rings. The molecule has 0 aliphatic heterocycles. The van der Waals surface area contributed by atoms with Gasteiger partial charge in [0.1, 0.15) is 23.1 Å². The van der Waals surface area contributed by atoms with Gasteiger partial charge in [-0.15, -0.1) is 0 Å². The number of hydrogen-bond donors (Lipinski definition) is 2. The molecule has 8 heteroatoms. The number of benzene rings is 1. The van der Waals surface area contributed by atoms with Crippen LogP contribution in [0, 0.1) is 18.6 Å². The molecule has 0 spiro atoms. The smallest absolute Gasteiger partial charge is 0.275 e. The maximum atomic E-state index is 13.7. The molecule has 0 fully saturated rings. The standard InChI is InChI=1S/C16H12F2N4O2/c1-9-6-15(22-24-9)21-16(23)14-8-11(4-5-19-14)20-13-3-2-10(17)7-12(13)18/h2-8H,1H3,(H,19,20)(H,21,22,23). The van der Waals surface area contributed by atoms with Gasteiger partial charge in [-0.25, -0.2) is 8.78 Å². The number of nitrogens with zero attached hydrogens (tertiary/aromatic N) is 2. The van der Waals surface area contributed by atoms with Crippen LogP contribution in [0.25, 0.3) is 0 Å². The Morgan fingerprint density at radius 3 is 2.71 bits per heavy atom. The highest BCUT2D eigenvalue weighted by atomic mass is 19.1. The third-order valence-electron chi connectivity index (χ3n) is 3.07. The molecule has 0 unspecified atom stereocenters. The molecule has 1 amide bonds. The average molecular weight is 330 g/mol. The minimum atomic E-state index is -0.740. The zero-order valence-corrected chi connectivity index (χ0v) is 12.5. The second kappa shape index (κ2) is 6.45. The largest absolute Gasteiger partial charge is 0.360 e. The highest BCUT2D eigenvalue weighted by molar-refractivity contribution is 6.02. The number of hydrogen-bond acceptors (Lipinski definition) is 5. The van der Waals surface area contributed by atoms with E-state index >= 15 is 0 Å². The number of anilines is 3. The summed E-state index contributed by atoms with van der Waals surface area (Å²) in [6.07, 6.45) is 1.40. The van der Waals surface area contributed by atoms with Crippen LogP contribution in [0.2, 0.25) is 0 Å². The topological polar surface area (TPSA) is 80.0 Å². The number of aryl methyl sites for hydroxylation is 1. The average Bonchev–Trinajstić information content (AvgIpc) is 2.95. The predicted molar refractivity (Wildman–Crippen MR) is 83.1 cm³/mol. The van der Waals surface area contributed by atoms with Crippen molar-refractivity contribution in [1.29, 1.82) is 0 Å². The second-order valence-corrected chi connectivity index (χ2v) is 4.96. The van der Waals surface area contributed by atoms with Gasteiger partial charge in [-0.2, -0.15) is 0 Å². The first-order chi connectivity index (χ1) is 11.5. The number of carbonyl (C=O) groups is 1. The molecule has 0 saturated heterocycles. The van der Waals surface area contributed by atoms with Crippen molar-refractivity contribution in [3.05, 3.63) is 65.7 Å². The van der Waals surface area contributed by atoms with Crippen LogP contribution in [0.1, 0.15) is 16.2 Å². The Kier molecular flexibility index (Phi) is 4.19. The maximum absolute atomic E-state index is 13.7. The maximum Gasteiger partial charge on any atom is 0.275 e. The molecule has 2 N–H and O–H groups in total. The van der Waals surface area contributed by atoms with Crippen molar-refractivity contribution >= 4 is 23.1 Å². The van der Waals surface area contributed by atoms with Crippen LogP contribution < -0.4 is 10.6 Å². The first kappa shape index (κ1) is 15.6. The van der Waals surface area contributed by atoms with E-state index < -0.39 is 17.5 Å². The monoisotopic (exact) mass is 330 g/mol. The van der Waals surface area contributed by atoms with Crippen LogP contribution >= 0.6 is 0 Å². The van der Waals surface area contributed by atoms with Crippen LogP contribution in [-0.4, -0.2) is 16.0 Å². The molecule has 2 heterocycles. The van der Waals surface area contributed by atoms with Crippen LogP contribution in [0.5, 0.6) is 0 Å². The van der Waals surface area contributed by atoms with E-state index in [0.29, 0.717) is 11.4 Å². The van der Waals surface area contributed by atoms with Gasteiger partial charge in [0.15, 0.2) is 5.82 Å². The molecule has 1 aromatic carbocycles. The SMILES string of the molecule is Cc1cc(NC(=O)c2cc(Nc3ccc(F)cc3F)ccn2)no1. The lowest BCUT2D eigenvalue weighted by Crippen LogP contribution is -2.14. The summed E-state index contributed by atoms with van der Waals surface area (Å²) in [5.41, 5.74) is 0.612. The van der Waals surface area contributed by atoms with Crippen molar-refractivity contribution in [3.63, 3.8) is 0 Å². The Labute approximate surface area is 135 Å². The fraction of sp³-hybridized carbons (Fsp3) is 0.0625. The van der Waals surface area contributed by atoms with E-state index in [4.69, 9.17) is 4.52 Å². The first-order valence-corrected chi connectivity index (χ1v) is 6.94. The van der Waals surface area contributed by atoms with E-state index in [1.165, 1.54) is 18.3 Å². The zero-order chi connectivity index (χ0) is 17.1. The molecule has 122 valence electrons. The Bertz CT molecular complexity index is 895. The van der Waals surface area contributed by atoms with E-state index in [1.807, 2.05) is 0 Å². The summed E-state index contributed by atoms with van der Waals surface area (Å²) in [6, 6.07) is 7.72. The van der Waals surface area contributed by atoms with Crippen LogP contribution in [0.4, 0.5) is 26.0 Å². The molecular weight excluding hydrogens is 318 g/mol. The summed E-state index contributed by atoms with van der Waals surface area (Å²) in [5, 5.41) is 8.95. The third-order valence-corrected chi connectivity index (χ3v) is 3.07. The minimum absolute atomic E-state index is 0.0843. The number of pyridine rings is 1. The number of rotatable bonds is 4. The summed E-state index contributed by atoms with van der Waals surface area (Å²) in [5.74, 6) is -1.08. The van der Waals surface area contributed by atoms with E-state index in [-0.39, 0.29) is 17.2 Å². The van der Waals surface area contributed by atoms with Gasteiger partial charge in [0.05, 0.1) is 5.69 Å². The molecule has 0 atom stereocenters. The normalized spacial score (nSPS) is 10.5. The van der Waals surface area contributed by atoms with Gasteiger partial charge >= 0.3 is 0 Å². The Morgan fingerprint density at radius 1 is 1.17 bits per heavy atom. The zero-order valence-electron chi connectivity index (χ0n) is 12.5. The Morgan fingerprint density at radius 2 is 2.00 bits per heavy atom. The number of amides is 1. The fourth-order valence-corrected chi connectivity index (χ4v) is 1.98. The Hall–Kier alpha value is -3.29. The highest BCUT2D eigenvalue weighted by Gasteiger charge is 2.12. The van der Waals surface area contributed by atoms with E-state index in [2.05, 4.69) is 20.8 Å². The van der Waals surface area contributed by atoms with Gasteiger partial charge in [-0.05, 0) is 31.2 Å². The molecule has 0 saturated carbocycles. The summed E-state index contributed by atoms with van der Waals surface area (Å²) in [7, 11) is 0. The van der Waals surface area contributed by atoms with Crippen LogP contribution in [0.3, 0.4) is 0 Å². The molecule has 3 rings (SSSR count). The van der Waals surface area contributed by atoms with Crippen molar-refractivity contribution < 1.29 is 18.1 Å². The van der Waals surface area contributed by atoms with E-state index in [9.17, 15) is 13.6 Å². The second-order valence-electron chi connectivity index (χ2n) is 4.96. The van der Waals surface area contributed by atoms with Crippen molar-refractivity contribution in [2.75, 3.05) is 10.6 Å². The Balaban J connectivity index is 1.77. The fourth-order valence-electron chi connectivity index (χ4n) is 1.98. The van der Waals surface area contributed by atoms with Gasteiger partial charge < -0.3 is 15.2 Å². The van der Waals surface area contributed by atoms with Crippen molar-refractivity contribution in [1.82, 2.24) is 10.1 Å². The van der Waals surface area contributed by atoms with Gasteiger partial charge in [0.25, 0.3) is 5.91 Å². The molecule has 2 aromatic heterocycles. The lowest BCUT2D eigenvalue weighted by atomic mass is 10.2. The number of halogens is 2. The van der Waals surface area contributed by atoms with Crippen LogP contribution in [-0.2, 0) is 0 Å². The number of aromatic nitrogens is 2. The van der Waals surface area contributed by atoms with Crippen molar-refractivity contribution in [2.45, 2.75) is 6.92 Å². The highest BCUT2D eigenvalue weighted by Crippen LogP contribution is 2.21. The minimum Gasteiger partial charge on any atom is -0.360 e. The molecule has 6 nitrogen and oxygen atoms in total. The molecule has 0 radical (unpaired) electrons. The summed E-state index contributed by atoms with van der Waals surface area (Å²) < 4.78 is 31.4. The number of carbonyl (C=O) groups excluding carboxylic acids is 1. The van der Waals surface area contributed by atoms with Gasteiger partial charge in [0.2, 0.25) is 0 Å². The molecule has 3 aromatic rings. The van der Waals surface area contributed by atoms with E-state index in [1.54, 1.807) is 19.1 Å². The van der Waals surface area contributed by atoms with Crippen molar-refractivity contribution in [2.24, 2.45) is 0 Å². The molecule has 0 aliphatic carbocycles. The summed E-state index contributed by atoms with van der Waals surface area (Å²) >= 11 is 0. The van der Waals surface area contributed by atoms with Crippen LogP contribution in [0.15, 0.2) is 47.1 Å². The van der Waals surface area contributed by atoms with E-state index in [0.717, 1.165) is 12.1 Å². The van der Waals surface area contributed by atoms with Gasteiger partial charge in [0, 0.05) is 24.0 Å².